The zero-order valence-electron chi connectivity index (χ0n) is 3.57. The average Bonchev–Trinajstić information content (AvgIpc) is 1.91. The van der Waals surface area contributed by atoms with Gasteiger partial charge in [0.15, 0.2) is 5.78 Å². The molecule has 2 N–H and O–H groups in total. The first-order chi connectivity index (χ1) is 3.30. The van der Waals surface area contributed by atoms with Gasteiger partial charge in [-0.15, -0.1) is 0 Å². The van der Waals surface area contributed by atoms with Crippen molar-refractivity contribution in [1.29, 1.82) is 0 Å². The summed E-state index contributed by atoms with van der Waals surface area (Å²) in [6, 6.07) is 0. The van der Waals surface area contributed by atoms with Crippen LogP contribution in [0.3, 0.4) is 0 Å². The molecule has 4 heteroatoms. The minimum atomic E-state index is -0.174. The van der Waals surface area contributed by atoms with Gasteiger partial charge in [-0.3, -0.25) is 4.79 Å². The predicted molar refractivity (Wildman–Crippen MR) is 28.9 cm³/mol. The zero-order valence-corrected chi connectivity index (χ0v) is 5.16. The van der Waals surface area contributed by atoms with Gasteiger partial charge >= 0.3 is 0 Å². The van der Waals surface area contributed by atoms with Crippen molar-refractivity contribution in [2.24, 2.45) is 0 Å². The largest absolute Gasteiger partial charge is 0.295 e. The molecule has 1 heterocycles. The number of Topliss-reactive ketones (excluding diaryl/α,β-unsaturated/α-hetero) is 1. The maximum Gasteiger partial charge on any atom is 0.176 e. The molecule has 1 fully saturated rings. The van der Waals surface area contributed by atoms with Crippen LogP contribution in [-0.4, -0.2) is 17.3 Å². The Bertz CT molecular complexity index is 94.9. The molecule has 0 aromatic heterocycles. The fraction of sp³-hybridized carbons (Fsp3) is 0.667. The van der Waals surface area contributed by atoms with Crippen molar-refractivity contribution >= 4 is 21.7 Å². The van der Waals surface area contributed by atoms with Crippen LogP contribution in [0.2, 0.25) is 0 Å². The SMILES string of the molecule is O=C1CNNC1Br. The molecule has 0 aromatic rings. The monoisotopic (exact) mass is 164 g/mol. The fourth-order valence-electron chi connectivity index (χ4n) is 0.398. The van der Waals surface area contributed by atoms with Gasteiger partial charge in [0, 0.05) is 0 Å². The summed E-state index contributed by atoms with van der Waals surface area (Å²) in [7, 11) is 0. The molecule has 1 aliphatic heterocycles. The van der Waals surface area contributed by atoms with Crippen molar-refractivity contribution in [3.05, 3.63) is 0 Å². The Morgan fingerprint density at radius 2 is 2.57 bits per heavy atom. The summed E-state index contributed by atoms with van der Waals surface area (Å²) >= 11 is 3.08. The first-order valence-electron chi connectivity index (χ1n) is 1.96. The minimum Gasteiger partial charge on any atom is -0.295 e. The first-order valence-corrected chi connectivity index (χ1v) is 2.87. The molecule has 0 aliphatic carbocycles. The summed E-state index contributed by atoms with van der Waals surface area (Å²) in [5.74, 6) is 0.153. The van der Waals surface area contributed by atoms with Crippen LogP contribution in [0.5, 0.6) is 0 Å². The molecular weight excluding hydrogens is 160 g/mol. The topological polar surface area (TPSA) is 41.1 Å². The summed E-state index contributed by atoms with van der Waals surface area (Å²) in [5.41, 5.74) is 5.36. The first kappa shape index (κ1) is 5.21. The van der Waals surface area contributed by atoms with Gasteiger partial charge < -0.3 is 0 Å². The molecule has 1 unspecified atom stereocenters. The molecule has 1 atom stereocenters. The Hall–Kier alpha value is 0.0700. The van der Waals surface area contributed by atoms with E-state index >= 15 is 0 Å². The van der Waals surface area contributed by atoms with Crippen LogP contribution < -0.4 is 10.9 Å². The van der Waals surface area contributed by atoms with Crippen molar-refractivity contribution in [2.45, 2.75) is 4.95 Å². The predicted octanol–water partition coefficient (Wildman–Crippen LogP) is -0.616. The Morgan fingerprint density at radius 3 is 2.71 bits per heavy atom. The van der Waals surface area contributed by atoms with Crippen LogP contribution >= 0.6 is 15.9 Å². The summed E-state index contributed by atoms with van der Waals surface area (Å²) in [4.78, 5) is 10.2. The summed E-state index contributed by atoms with van der Waals surface area (Å²) in [6.07, 6.45) is 0. The number of carbonyl (C=O) groups excluding carboxylic acids is 1. The number of rotatable bonds is 0. The number of nitrogens with one attached hydrogen (secondary N) is 2. The van der Waals surface area contributed by atoms with Crippen LogP contribution in [0.15, 0.2) is 0 Å². The Kier molecular flexibility index (Phi) is 1.41. The molecule has 0 radical (unpaired) electrons. The maximum absolute atomic E-state index is 10.4. The Labute approximate surface area is 49.6 Å². The van der Waals surface area contributed by atoms with E-state index in [4.69, 9.17) is 0 Å². The van der Waals surface area contributed by atoms with Crippen LogP contribution in [0, 0.1) is 0 Å². The van der Waals surface area contributed by atoms with Crippen LogP contribution in [0.1, 0.15) is 0 Å². The number of alkyl halides is 1. The van der Waals surface area contributed by atoms with E-state index < -0.39 is 0 Å². The summed E-state index contributed by atoms with van der Waals surface area (Å²) < 4.78 is 0. The lowest BCUT2D eigenvalue weighted by atomic mass is 10.4. The van der Waals surface area contributed by atoms with E-state index in [-0.39, 0.29) is 10.7 Å². The van der Waals surface area contributed by atoms with Gasteiger partial charge in [0.2, 0.25) is 0 Å². The fourth-order valence-corrected chi connectivity index (χ4v) is 0.722. The van der Waals surface area contributed by atoms with E-state index in [1.165, 1.54) is 0 Å². The van der Waals surface area contributed by atoms with Gasteiger partial charge in [-0.05, 0) is 0 Å². The molecule has 1 rings (SSSR count). The number of hydrazine groups is 1. The quantitative estimate of drug-likeness (QED) is 0.371. The third-order valence-corrected chi connectivity index (χ3v) is 1.51. The molecule has 0 amide bonds. The lowest BCUT2D eigenvalue weighted by Crippen LogP contribution is -2.26. The van der Waals surface area contributed by atoms with Gasteiger partial charge in [0.25, 0.3) is 0 Å². The molecule has 0 saturated carbocycles. The second kappa shape index (κ2) is 1.90. The molecule has 0 spiro atoms. The molecule has 3 nitrogen and oxygen atoms in total. The summed E-state index contributed by atoms with van der Waals surface area (Å²) in [5, 5.41) is 0. The van der Waals surface area contributed by atoms with Crippen molar-refractivity contribution < 1.29 is 4.79 Å². The summed E-state index contributed by atoms with van der Waals surface area (Å²) in [6.45, 7) is 0.427. The van der Waals surface area contributed by atoms with Gasteiger partial charge in [0.1, 0.15) is 4.95 Å². The highest BCUT2D eigenvalue weighted by Crippen LogP contribution is 1.97. The highest BCUT2D eigenvalue weighted by Gasteiger charge is 2.18. The second-order valence-electron chi connectivity index (χ2n) is 1.33. The van der Waals surface area contributed by atoms with E-state index in [2.05, 4.69) is 26.8 Å². The molecule has 40 valence electrons. The van der Waals surface area contributed by atoms with Crippen molar-refractivity contribution in [3.8, 4) is 0 Å². The highest BCUT2D eigenvalue weighted by atomic mass is 79.9. The number of hydrogen-bond donors (Lipinski definition) is 2. The smallest absolute Gasteiger partial charge is 0.176 e. The van der Waals surface area contributed by atoms with Crippen molar-refractivity contribution in [2.75, 3.05) is 6.54 Å². The number of hydrogen-bond acceptors (Lipinski definition) is 3. The van der Waals surface area contributed by atoms with Gasteiger partial charge in [-0.25, -0.2) is 10.9 Å². The maximum atomic E-state index is 10.4. The molecule has 0 bridgehead atoms. The van der Waals surface area contributed by atoms with E-state index in [0.717, 1.165) is 0 Å². The number of halogens is 1. The lowest BCUT2D eigenvalue weighted by Gasteiger charge is -1.91. The number of carbonyl (C=O) groups is 1. The number of ketones is 1. The zero-order chi connectivity index (χ0) is 5.28. The van der Waals surface area contributed by atoms with Gasteiger partial charge in [-0.1, -0.05) is 15.9 Å². The molecule has 1 saturated heterocycles. The third-order valence-electron chi connectivity index (χ3n) is 0.774. The molecular formula is C3H5BrN2O. The van der Waals surface area contributed by atoms with Gasteiger partial charge in [-0.2, -0.15) is 0 Å². The molecule has 0 aromatic carbocycles. The van der Waals surface area contributed by atoms with Crippen molar-refractivity contribution in [3.63, 3.8) is 0 Å². The van der Waals surface area contributed by atoms with E-state index in [9.17, 15) is 4.79 Å². The normalized spacial score (nSPS) is 31.6. The standard InChI is InChI=1S/C3H5BrN2O/c4-3-2(7)1-5-6-3/h3,5-6H,1H2. The Morgan fingerprint density at radius 1 is 1.86 bits per heavy atom. The average molecular weight is 165 g/mol. The second-order valence-corrected chi connectivity index (χ2v) is 2.24. The van der Waals surface area contributed by atoms with Crippen LogP contribution in [0.25, 0.3) is 0 Å². The van der Waals surface area contributed by atoms with E-state index in [0.29, 0.717) is 6.54 Å². The minimum absolute atomic E-state index is 0.153. The van der Waals surface area contributed by atoms with E-state index in [1.54, 1.807) is 0 Å². The lowest BCUT2D eigenvalue weighted by molar-refractivity contribution is -0.116. The van der Waals surface area contributed by atoms with Gasteiger partial charge in [0.05, 0.1) is 6.54 Å². The molecule has 7 heavy (non-hydrogen) atoms. The van der Waals surface area contributed by atoms with Crippen molar-refractivity contribution in [1.82, 2.24) is 10.9 Å². The van der Waals surface area contributed by atoms with Crippen LogP contribution in [0.4, 0.5) is 0 Å². The van der Waals surface area contributed by atoms with E-state index in [1.807, 2.05) is 0 Å². The highest BCUT2D eigenvalue weighted by molar-refractivity contribution is 9.10. The Balaban J connectivity index is 2.48. The third kappa shape index (κ3) is 0.992. The van der Waals surface area contributed by atoms with Crippen LogP contribution in [-0.2, 0) is 4.79 Å². The molecule has 1 aliphatic rings.